The van der Waals surface area contributed by atoms with Gasteiger partial charge in [-0.05, 0) is 41.8 Å². The zero-order chi connectivity index (χ0) is 16.9. The van der Waals surface area contributed by atoms with E-state index in [2.05, 4.69) is 4.98 Å². The van der Waals surface area contributed by atoms with Crippen molar-refractivity contribution in [3.05, 3.63) is 59.9 Å². The third-order valence-corrected chi connectivity index (χ3v) is 4.75. The minimum Gasteiger partial charge on any atom is -0.345 e. The quantitative estimate of drug-likeness (QED) is 0.808. The molecule has 6 heteroatoms. The van der Waals surface area contributed by atoms with E-state index in [1.165, 1.54) is 18.4 Å². The van der Waals surface area contributed by atoms with Crippen molar-refractivity contribution in [2.24, 2.45) is 0 Å². The summed E-state index contributed by atoms with van der Waals surface area (Å²) in [4.78, 5) is 18.1. The van der Waals surface area contributed by atoms with Gasteiger partial charge in [0.2, 0.25) is 5.91 Å². The van der Waals surface area contributed by atoms with Crippen LogP contribution in [0.15, 0.2) is 53.7 Å². The van der Waals surface area contributed by atoms with E-state index < -0.39 is 9.84 Å². The maximum Gasteiger partial charge on any atom is 0.226 e. The first-order valence-electron chi connectivity index (χ1n) is 7.28. The molecule has 2 rings (SSSR count). The van der Waals surface area contributed by atoms with Crippen molar-refractivity contribution in [3.8, 4) is 0 Å². The molecular weight excluding hydrogens is 312 g/mol. The number of rotatable bonds is 6. The topological polar surface area (TPSA) is 67.3 Å². The fourth-order valence-corrected chi connectivity index (χ4v) is 2.77. The van der Waals surface area contributed by atoms with Gasteiger partial charge in [-0.1, -0.05) is 12.1 Å². The smallest absolute Gasteiger partial charge is 0.226 e. The van der Waals surface area contributed by atoms with Crippen LogP contribution in [-0.2, 0) is 27.5 Å². The predicted molar refractivity (Wildman–Crippen MR) is 88.8 cm³/mol. The number of likely N-dealkylation sites (N-methyl/N-ethyl adjacent to an activating group) is 1. The first kappa shape index (κ1) is 17.1. The molecule has 1 heterocycles. The summed E-state index contributed by atoms with van der Waals surface area (Å²) >= 11 is 0. The molecule has 0 radical (unpaired) electrons. The lowest BCUT2D eigenvalue weighted by Crippen LogP contribution is -2.30. The van der Waals surface area contributed by atoms with Crippen molar-refractivity contribution in [2.45, 2.75) is 17.7 Å². The van der Waals surface area contributed by atoms with Gasteiger partial charge in [0.25, 0.3) is 0 Å². The highest BCUT2D eigenvalue weighted by Gasteiger charge is 2.11. The Balaban J connectivity index is 1.90. The van der Waals surface area contributed by atoms with Crippen LogP contribution in [0.5, 0.6) is 0 Å². The number of nitrogens with zero attached hydrogens (tertiary/aromatic N) is 2. The van der Waals surface area contributed by atoms with Crippen molar-refractivity contribution in [3.63, 3.8) is 0 Å². The van der Waals surface area contributed by atoms with Gasteiger partial charge in [0.1, 0.15) is 0 Å². The molecule has 0 fully saturated rings. The molecule has 0 unspecified atom stereocenters. The number of aromatic nitrogens is 1. The molecule has 0 aliphatic heterocycles. The number of amides is 1. The number of hydrogen-bond acceptors (Lipinski definition) is 4. The van der Waals surface area contributed by atoms with Gasteiger partial charge >= 0.3 is 0 Å². The highest BCUT2D eigenvalue weighted by molar-refractivity contribution is 7.90. The van der Waals surface area contributed by atoms with E-state index in [-0.39, 0.29) is 17.2 Å². The average Bonchev–Trinajstić information content (AvgIpc) is 2.53. The number of benzene rings is 1. The highest BCUT2D eigenvalue weighted by atomic mass is 32.2. The molecule has 0 aliphatic rings. The van der Waals surface area contributed by atoms with Gasteiger partial charge in [0.15, 0.2) is 9.84 Å². The van der Waals surface area contributed by atoms with Crippen LogP contribution in [0.3, 0.4) is 0 Å². The molecule has 0 aliphatic carbocycles. The molecule has 23 heavy (non-hydrogen) atoms. The molecule has 0 saturated carbocycles. The number of sulfone groups is 1. The number of hydrogen-bond donors (Lipinski definition) is 0. The average molecular weight is 332 g/mol. The molecular formula is C17H20N2O3S. The van der Waals surface area contributed by atoms with Crippen LogP contribution in [0, 0.1) is 0 Å². The number of carbonyl (C=O) groups is 1. The Labute approximate surface area is 136 Å². The molecule has 2 aromatic rings. The molecule has 122 valence electrons. The van der Waals surface area contributed by atoms with Crippen molar-refractivity contribution in [1.29, 1.82) is 0 Å². The predicted octanol–water partition coefficient (Wildman–Crippen LogP) is 1.73. The van der Waals surface area contributed by atoms with Gasteiger partial charge in [-0.15, -0.1) is 0 Å². The molecule has 0 bridgehead atoms. The molecule has 1 aromatic carbocycles. The Morgan fingerprint density at radius 3 is 2.22 bits per heavy atom. The van der Waals surface area contributed by atoms with Crippen LogP contribution in [0.2, 0.25) is 0 Å². The third-order valence-electron chi connectivity index (χ3n) is 3.62. The lowest BCUT2D eigenvalue weighted by molar-refractivity contribution is -0.129. The summed E-state index contributed by atoms with van der Waals surface area (Å²) in [5.41, 5.74) is 1.94. The lowest BCUT2D eigenvalue weighted by Gasteiger charge is -2.17. The molecule has 1 amide bonds. The molecule has 1 aromatic heterocycles. The summed E-state index contributed by atoms with van der Waals surface area (Å²) < 4.78 is 22.8. The van der Waals surface area contributed by atoms with Gasteiger partial charge < -0.3 is 4.90 Å². The first-order chi connectivity index (χ1) is 10.9. The Morgan fingerprint density at radius 2 is 1.65 bits per heavy atom. The van der Waals surface area contributed by atoms with Gasteiger partial charge in [-0.3, -0.25) is 9.78 Å². The summed E-state index contributed by atoms with van der Waals surface area (Å²) in [6.07, 6.45) is 5.68. The summed E-state index contributed by atoms with van der Waals surface area (Å²) in [5, 5.41) is 0. The minimum absolute atomic E-state index is 0.00571. The fourth-order valence-electron chi connectivity index (χ4n) is 2.14. The van der Waals surface area contributed by atoms with E-state index in [1.54, 1.807) is 36.5 Å². The summed E-state index contributed by atoms with van der Waals surface area (Å²) in [6, 6.07) is 10.3. The van der Waals surface area contributed by atoms with Crippen LogP contribution in [-0.4, -0.2) is 44.1 Å². The van der Waals surface area contributed by atoms with Gasteiger partial charge in [-0.25, -0.2) is 8.42 Å². The van der Waals surface area contributed by atoms with Crippen molar-refractivity contribution < 1.29 is 13.2 Å². The van der Waals surface area contributed by atoms with Crippen molar-refractivity contribution in [1.82, 2.24) is 9.88 Å². The van der Waals surface area contributed by atoms with Crippen LogP contribution < -0.4 is 0 Å². The highest BCUT2D eigenvalue weighted by Crippen LogP contribution is 2.11. The summed E-state index contributed by atoms with van der Waals surface area (Å²) in [7, 11) is -1.43. The molecule has 5 nitrogen and oxygen atoms in total. The third kappa shape index (κ3) is 5.17. The lowest BCUT2D eigenvalue weighted by atomic mass is 10.1. The molecule has 0 spiro atoms. The minimum atomic E-state index is -3.20. The second-order valence-corrected chi connectivity index (χ2v) is 7.53. The second kappa shape index (κ2) is 7.37. The van der Waals surface area contributed by atoms with Gasteiger partial charge in [0, 0.05) is 32.2 Å². The second-order valence-electron chi connectivity index (χ2n) is 5.51. The number of pyridine rings is 1. The van der Waals surface area contributed by atoms with Gasteiger partial charge in [-0.2, -0.15) is 0 Å². The van der Waals surface area contributed by atoms with E-state index in [0.717, 1.165) is 17.5 Å². The van der Waals surface area contributed by atoms with E-state index in [9.17, 15) is 13.2 Å². The van der Waals surface area contributed by atoms with Crippen LogP contribution in [0.25, 0.3) is 0 Å². The maximum atomic E-state index is 12.2. The maximum absolute atomic E-state index is 12.2. The van der Waals surface area contributed by atoms with E-state index >= 15 is 0 Å². The van der Waals surface area contributed by atoms with Crippen LogP contribution in [0.4, 0.5) is 0 Å². The molecule has 0 atom stereocenters. The van der Waals surface area contributed by atoms with E-state index in [0.29, 0.717) is 6.54 Å². The number of carbonyl (C=O) groups excluding carboxylic acids is 1. The van der Waals surface area contributed by atoms with Crippen LogP contribution in [0.1, 0.15) is 11.1 Å². The molecule has 0 N–H and O–H groups in total. The largest absolute Gasteiger partial charge is 0.345 e. The summed E-state index contributed by atoms with van der Waals surface area (Å²) in [6.45, 7) is 0.629. The fraction of sp³-hybridized carbons (Fsp3) is 0.294. The molecule has 0 saturated heterocycles. The Hall–Kier alpha value is -2.21. The van der Waals surface area contributed by atoms with Gasteiger partial charge in [0.05, 0.1) is 11.3 Å². The Bertz CT molecular complexity index is 756. The standard InChI is InChI=1S/C17H20N2O3S/c1-19(12-9-14-7-10-18-11-8-14)17(20)13-15-3-5-16(6-4-15)23(2,21)22/h3-8,10-11H,9,12-13H2,1-2H3. The Morgan fingerprint density at radius 1 is 1.04 bits per heavy atom. The summed E-state index contributed by atoms with van der Waals surface area (Å²) in [5.74, 6) is 0.00571. The van der Waals surface area contributed by atoms with Crippen molar-refractivity contribution >= 4 is 15.7 Å². The van der Waals surface area contributed by atoms with E-state index in [4.69, 9.17) is 0 Å². The first-order valence-corrected chi connectivity index (χ1v) is 9.17. The SMILES string of the molecule is CN(CCc1ccncc1)C(=O)Cc1ccc(S(C)(=O)=O)cc1. The zero-order valence-electron chi connectivity index (χ0n) is 13.3. The van der Waals surface area contributed by atoms with Crippen LogP contribution >= 0.6 is 0 Å². The zero-order valence-corrected chi connectivity index (χ0v) is 14.1. The van der Waals surface area contributed by atoms with E-state index in [1.807, 2.05) is 12.1 Å². The normalized spacial score (nSPS) is 11.2. The van der Waals surface area contributed by atoms with Crippen molar-refractivity contribution in [2.75, 3.05) is 19.8 Å². The Kier molecular flexibility index (Phi) is 5.50. The monoisotopic (exact) mass is 332 g/mol.